The third kappa shape index (κ3) is 7.51. The van der Waals surface area contributed by atoms with Crippen molar-refractivity contribution < 1.29 is 46.2 Å². The number of aromatic amines is 1. The molecule has 320 valence electrons. The van der Waals surface area contributed by atoms with Gasteiger partial charge >= 0.3 is 24.0 Å². The number of hydrogen-bond donors (Lipinski definition) is 3. The van der Waals surface area contributed by atoms with Crippen molar-refractivity contribution in [3.8, 4) is 22.4 Å². The first-order chi connectivity index (χ1) is 28.5. The number of aliphatic imine (C=N–C) groups is 1. The van der Waals surface area contributed by atoms with Gasteiger partial charge in [0, 0.05) is 48.1 Å². The van der Waals surface area contributed by atoms with Crippen molar-refractivity contribution >= 4 is 35.3 Å². The Morgan fingerprint density at radius 1 is 0.767 bits per heavy atom. The van der Waals surface area contributed by atoms with Crippen molar-refractivity contribution in [2.45, 2.75) is 95.8 Å². The number of imidazole rings is 1. The molecule has 13 nitrogen and oxygen atoms in total. The van der Waals surface area contributed by atoms with Crippen LogP contribution in [0.15, 0.2) is 53.8 Å². The summed E-state index contributed by atoms with van der Waals surface area (Å²) in [5.41, 5.74) is 0.362. The third-order valence-corrected chi connectivity index (χ3v) is 12.0. The highest BCUT2D eigenvalue weighted by molar-refractivity contribution is 6.04. The van der Waals surface area contributed by atoms with Crippen LogP contribution in [-0.2, 0) is 30.9 Å². The van der Waals surface area contributed by atoms with Crippen LogP contribution < -0.4 is 10.6 Å². The first-order valence-electron chi connectivity index (χ1n) is 20.1. The fourth-order valence-electron chi connectivity index (χ4n) is 8.71. The standard InChI is InChI=1S/C43H49F4N7O6/c1-22(2)35(51-40(57)59-5)38(55)53-15-7-9-33(53)31-19-26(20-48-31)24-11-13-27-28-14-12-25(18-30(28)43(46,47)42(44,45)29(27)17-24)32-21-49-37(50-32)34-10-8-16-54(34)39(56)36(23(3)4)52-41(58)60-6/h11-14,17-18,20-23,33-36H,7-10,15-16,19H2,1-6H3,(H,49,50)(H,51,57)(H,52,58)/t33-,34-,35-,36-/m0/s1. The lowest BCUT2D eigenvalue weighted by Gasteiger charge is -2.35. The summed E-state index contributed by atoms with van der Waals surface area (Å²) in [4.78, 5) is 66.6. The highest BCUT2D eigenvalue weighted by atomic mass is 19.3. The predicted molar refractivity (Wildman–Crippen MR) is 214 cm³/mol. The number of benzene rings is 2. The molecule has 2 aromatic carbocycles. The predicted octanol–water partition coefficient (Wildman–Crippen LogP) is 7.54. The van der Waals surface area contributed by atoms with Gasteiger partial charge in [0.2, 0.25) is 11.8 Å². The number of hydrogen-bond acceptors (Lipinski definition) is 8. The minimum Gasteiger partial charge on any atom is -0.453 e. The number of likely N-dealkylation sites (tertiary alicyclic amines) is 2. The Bertz CT molecular complexity index is 2250. The van der Waals surface area contributed by atoms with Gasteiger partial charge in [-0.25, -0.2) is 14.6 Å². The number of halogens is 4. The van der Waals surface area contributed by atoms with Crippen molar-refractivity contribution in [3.63, 3.8) is 0 Å². The Hall–Kier alpha value is -5.74. The number of H-pyrrole nitrogens is 1. The third-order valence-electron chi connectivity index (χ3n) is 12.0. The second-order valence-electron chi connectivity index (χ2n) is 16.4. The van der Waals surface area contributed by atoms with E-state index in [2.05, 4.69) is 25.6 Å². The van der Waals surface area contributed by atoms with Crippen LogP contribution in [0.25, 0.3) is 28.0 Å². The molecule has 3 aliphatic heterocycles. The molecule has 0 bridgehead atoms. The lowest BCUT2D eigenvalue weighted by atomic mass is 9.78. The van der Waals surface area contributed by atoms with E-state index in [-0.39, 0.29) is 52.8 Å². The Kier molecular flexibility index (Phi) is 11.6. The summed E-state index contributed by atoms with van der Waals surface area (Å²) in [5, 5.41) is 5.21. The smallest absolute Gasteiger partial charge is 0.407 e. The van der Waals surface area contributed by atoms with Crippen LogP contribution in [0.5, 0.6) is 0 Å². The maximum atomic E-state index is 16.2. The summed E-state index contributed by atoms with van der Waals surface area (Å²) >= 11 is 0. The minimum atomic E-state index is -4.58. The van der Waals surface area contributed by atoms with Crippen molar-refractivity contribution in [1.82, 2.24) is 30.4 Å². The maximum Gasteiger partial charge on any atom is 0.407 e. The number of nitrogens with one attached hydrogen (secondary N) is 3. The number of allylic oxidation sites excluding steroid dienone is 1. The molecule has 1 aliphatic carbocycles. The van der Waals surface area contributed by atoms with Crippen molar-refractivity contribution in [3.05, 3.63) is 71.3 Å². The van der Waals surface area contributed by atoms with Crippen molar-refractivity contribution in [2.24, 2.45) is 16.8 Å². The van der Waals surface area contributed by atoms with Crippen LogP contribution in [0.1, 0.15) is 88.4 Å². The molecule has 2 saturated heterocycles. The zero-order valence-corrected chi connectivity index (χ0v) is 34.3. The molecule has 4 amide bonds. The van der Waals surface area contributed by atoms with Crippen LogP contribution in [0.4, 0.5) is 27.2 Å². The quantitative estimate of drug-likeness (QED) is 0.178. The van der Waals surface area contributed by atoms with E-state index >= 15 is 17.6 Å². The van der Waals surface area contributed by atoms with Gasteiger partial charge in [-0.1, -0.05) is 52.0 Å². The summed E-state index contributed by atoms with van der Waals surface area (Å²) in [6.07, 6.45) is 4.28. The van der Waals surface area contributed by atoms with Gasteiger partial charge in [0.25, 0.3) is 0 Å². The molecule has 0 unspecified atom stereocenters. The van der Waals surface area contributed by atoms with Crippen LogP contribution in [0.3, 0.4) is 0 Å². The van der Waals surface area contributed by atoms with Gasteiger partial charge in [0.15, 0.2) is 0 Å². The van der Waals surface area contributed by atoms with Gasteiger partial charge < -0.3 is 34.9 Å². The molecule has 0 saturated carbocycles. The molecule has 2 fully saturated rings. The lowest BCUT2D eigenvalue weighted by molar-refractivity contribution is -0.225. The van der Waals surface area contributed by atoms with Gasteiger partial charge in [-0.2, -0.15) is 17.6 Å². The maximum absolute atomic E-state index is 16.2. The van der Waals surface area contributed by atoms with Crippen LogP contribution in [0.2, 0.25) is 0 Å². The summed E-state index contributed by atoms with van der Waals surface area (Å²) in [7, 11) is 2.43. The Balaban J connectivity index is 1.11. The molecule has 3 aromatic rings. The highest BCUT2D eigenvalue weighted by Crippen LogP contribution is 2.58. The van der Waals surface area contributed by atoms with Crippen LogP contribution in [-0.4, -0.2) is 94.9 Å². The van der Waals surface area contributed by atoms with Gasteiger partial charge in [-0.05, 0) is 71.9 Å². The number of alkyl carbamates (subject to hydrolysis) is 2. The average Bonchev–Trinajstić information content (AvgIpc) is 4.07. The molecule has 60 heavy (non-hydrogen) atoms. The zero-order valence-electron chi connectivity index (χ0n) is 34.3. The second-order valence-corrected chi connectivity index (χ2v) is 16.4. The van der Waals surface area contributed by atoms with E-state index in [9.17, 15) is 19.2 Å². The number of alkyl halides is 4. The molecular weight excluding hydrogens is 787 g/mol. The number of amides is 4. The van der Waals surface area contributed by atoms with E-state index in [0.717, 1.165) is 12.1 Å². The van der Waals surface area contributed by atoms with Crippen molar-refractivity contribution in [2.75, 3.05) is 27.3 Å². The van der Waals surface area contributed by atoms with Crippen LogP contribution in [0, 0.1) is 11.8 Å². The van der Waals surface area contributed by atoms with E-state index in [1.165, 1.54) is 38.7 Å². The first-order valence-corrected chi connectivity index (χ1v) is 20.1. The summed E-state index contributed by atoms with van der Waals surface area (Å²) < 4.78 is 74.0. The molecule has 7 rings (SSSR count). The number of aromatic nitrogens is 2. The monoisotopic (exact) mass is 835 g/mol. The van der Waals surface area contributed by atoms with E-state index in [0.29, 0.717) is 67.1 Å². The Morgan fingerprint density at radius 2 is 1.27 bits per heavy atom. The van der Waals surface area contributed by atoms with Gasteiger partial charge in [0.1, 0.15) is 17.9 Å². The average molecular weight is 836 g/mol. The van der Waals surface area contributed by atoms with E-state index in [1.54, 1.807) is 35.8 Å². The fraction of sp³-hybridized carbons (Fsp3) is 0.488. The molecule has 3 N–H and O–H groups in total. The topological polar surface area (TPSA) is 158 Å². The molecule has 1 aromatic heterocycles. The first kappa shape index (κ1) is 42.4. The number of rotatable bonds is 10. The molecule has 0 radical (unpaired) electrons. The normalized spacial score (nSPS) is 21.2. The summed E-state index contributed by atoms with van der Waals surface area (Å²) in [5.74, 6) is -9.82. The molecule has 4 atom stereocenters. The number of ether oxygens (including phenoxy) is 2. The number of carbonyl (C=O) groups is 4. The number of fused-ring (bicyclic) bond motifs is 3. The van der Waals surface area contributed by atoms with E-state index in [4.69, 9.17) is 9.47 Å². The second kappa shape index (κ2) is 16.4. The van der Waals surface area contributed by atoms with Crippen molar-refractivity contribution in [1.29, 1.82) is 0 Å². The van der Waals surface area contributed by atoms with Crippen LogP contribution >= 0.6 is 0 Å². The molecule has 4 heterocycles. The largest absolute Gasteiger partial charge is 0.453 e. The Labute approximate surface area is 345 Å². The summed E-state index contributed by atoms with van der Waals surface area (Å²) in [6.45, 7) is 8.08. The Morgan fingerprint density at radius 3 is 1.80 bits per heavy atom. The number of carbonyl (C=O) groups excluding carboxylic acids is 4. The molecular formula is C43H49F4N7O6. The highest BCUT2D eigenvalue weighted by Gasteiger charge is 2.63. The minimum absolute atomic E-state index is 0.0213. The zero-order chi connectivity index (χ0) is 43.3. The fourth-order valence-corrected chi connectivity index (χ4v) is 8.71. The SMILES string of the molecule is COC(=O)N[C@H](C(=O)N1CCC[C@H]1C1=NC=C(c2ccc3c(c2)C(F)(F)C(F)(F)c2cc(-c4cnc([C@@H]5CCCN5C(=O)[C@@H](NC(=O)OC)C(C)C)[nH]4)ccc2-3)C1)C(C)C. The molecule has 0 spiro atoms. The summed E-state index contributed by atoms with van der Waals surface area (Å²) in [6, 6.07) is 5.66. The number of methoxy groups -OCH3 is 2. The molecule has 17 heteroatoms. The van der Waals surface area contributed by atoms with E-state index in [1.807, 2.05) is 13.8 Å². The lowest BCUT2D eigenvalue weighted by Crippen LogP contribution is -2.53. The molecule has 4 aliphatic rings. The van der Waals surface area contributed by atoms with Gasteiger partial charge in [-0.15, -0.1) is 0 Å². The van der Waals surface area contributed by atoms with Gasteiger partial charge in [-0.3, -0.25) is 14.6 Å². The number of nitrogens with zero attached hydrogens (tertiary/aromatic N) is 4. The van der Waals surface area contributed by atoms with Gasteiger partial charge in [0.05, 0.1) is 38.2 Å². The van der Waals surface area contributed by atoms with E-state index < -0.39 is 53.3 Å².